The van der Waals surface area contributed by atoms with Gasteiger partial charge < -0.3 is 0 Å². The van der Waals surface area contributed by atoms with Gasteiger partial charge in [-0.1, -0.05) is 17.7 Å². The number of halogens is 2. The zero-order valence-electron chi connectivity index (χ0n) is 18.2. The Morgan fingerprint density at radius 2 is 1.61 bits per heavy atom. The molecular formula is C23H29F2NO3S2. The van der Waals surface area contributed by atoms with Crippen LogP contribution in [0, 0.1) is 18.6 Å². The van der Waals surface area contributed by atoms with Crippen LogP contribution >= 0.6 is 0 Å². The highest BCUT2D eigenvalue weighted by Gasteiger charge is 2.50. The van der Waals surface area contributed by atoms with Crippen LogP contribution in [0.15, 0.2) is 47.4 Å². The van der Waals surface area contributed by atoms with Crippen molar-refractivity contribution in [2.45, 2.75) is 73.8 Å². The fourth-order valence-electron chi connectivity index (χ4n) is 4.00. The van der Waals surface area contributed by atoms with Gasteiger partial charge in [-0.25, -0.2) is 26.1 Å². The van der Waals surface area contributed by atoms with Crippen LogP contribution in [0.4, 0.5) is 8.78 Å². The molecule has 8 heteroatoms. The topological polar surface area (TPSA) is 63.2 Å². The van der Waals surface area contributed by atoms with Crippen molar-refractivity contribution < 1.29 is 21.4 Å². The van der Waals surface area contributed by atoms with E-state index in [0.717, 1.165) is 23.8 Å². The Labute approximate surface area is 186 Å². The van der Waals surface area contributed by atoms with Crippen LogP contribution in [-0.2, 0) is 25.6 Å². The average Bonchev–Trinajstić information content (AvgIpc) is 2.70. The van der Waals surface area contributed by atoms with E-state index in [2.05, 4.69) is 4.72 Å². The highest BCUT2D eigenvalue weighted by molar-refractivity contribution is 7.92. The van der Waals surface area contributed by atoms with E-state index in [1.165, 1.54) is 12.1 Å². The molecule has 1 aliphatic carbocycles. The van der Waals surface area contributed by atoms with Crippen LogP contribution in [0.1, 0.15) is 57.6 Å². The van der Waals surface area contributed by atoms with E-state index < -0.39 is 42.0 Å². The van der Waals surface area contributed by atoms with Gasteiger partial charge in [0.2, 0.25) is 0 Å². The van der Waals surface area contributed by atoms with E-state index in [0.29, 0.717) is 12.8 Å². The number of sulfone groups is 1. The molecule has 0 aliphatic heterocycles. The number of hydrogen-bond acceptors (Lipinski definition) is 3. The van der Waals surface area contributed by atoms with Crippen molar-refractivity contribution in [1.82, 2.24) is 4.72 Å². The van der Waals surface area contributed by atoms with Gasteiger partial charge in [-0.05, 0) is 83.7 Å². The molecular weight excluding hydrogens is 440 g/mol. The van der Waals surface area contributed by atoms with Crippen LogP contribution in [-0.4, -0.2) is 23.4 Å². The number of aryl methyl sites for hydroxylation is 1. The summed E-state index contributed by atoms with van der Waals surface area (Å²) in [7, 11) is -5.33. The average molecular weight is 470 g/mol. The lowest BCUT2D eigenvalue weighted by molar-refractivity contribution is 0.325. The molecule has 0 aromatic heterocycles. The second-order valence-corrected chi connectivity index (χ2v) is 13.5. The molecule has 2 aromatic rings. The maximum absolute atomic E-state index is 14.9. The highest BCUT2D eigenvalue weighted by Crippen LogP contribution is 2.48. The first-order valence-corrected chi connectivity index (χ1v) is 12.9. The maximum atomic E-state index is 14.9. The summed E-state index contributed by atoms with van der Waals surface area (Å²) in [4.78, 5) is 0.0893. The Bertz CT molecular complexity index is 1070. The van der Waals surface area contributed by atoms with Gasteiger partial charge in [0, 0.05) is 11.6 Å². The predicted molar refractivity (Wildman–Crippen MR) is 120 cm³/mol. The predicted octanol–water partition coefficient (Wildman–Crippen LogP) is 4.94. The second-order valence-electron chi connectivity index (χ2n) is 9.21. The zero-order chi connectivity index (χ0) is 23.0. The van der Waals surface area contributed by atoms with Gasteiger partial charge in [0.1, 0.15) is 16.4 Å². The molecule has 1 N–H and O–H groups in total. The van der Waals surface area contributed by atoms with Crippen LogP contribution < -0.4 is 4.72 Å². The Morgan fingerprint density at radius 3 is 2.16 bits per heavy atom. The van der Waals surface area contributed by atoms with Crippen molar-refractivity contribution in [3.05, 3.63) is 65.2 Å². The molecule has 1 aliphatic rings. The normalized spacial score (nSPS) is 23.5. The Hall–Kier alpha value is -1.64. The molecule has 0 bridgehead atoms. The Morgan fingerprint density at radius 1 is 1.03 bits per heavy atom. The second kappa shape index (κ2) is 8.71. The molecule has 0 saturated heterocycles. The molecule has 1 saturated carbocycles. The fourth-order valence-corrected chi connectivity index (χ4v) is 7.06. The third-order valence-corrected chi connectivity index (χ3v) is 10.1. The summed E-state index contributed by atoms with van der Waals surface area (Å²) in [5.41, 5.74) is 0.769. The number of rotatable bonds is 5. The van der Waals surface area contributed by atoms with Gasteiger partial charge in [-0.15, -0.1) is 0 Å². The van der Waals surface area contributed by atoms with Crippen molar-refractivity contribution in [1.29, 1.82) is 0 Å². The van der Waals surface area contributed by atoms with E-state index >= 15 is 0 Å². The van der Waals surface area contributed by atoms with Crippen molar-refractivity contribution in [3.8, 4) is 0 Å². The molecule has 4 nitrogen and oxygen atoms in total. The Balaban J connectivity index is 2.03. The highest BCUT2D eigenvalue weighted by atomic mass is 32.2. The first kappa shape index (κ1) is 24.0. The molecule has 31 heavy (non-hydrogen) atoms. The lowest BCUT2D eigenvalue weighted by atomic mass is 9.80. The molecule has 1 atom stereocenters. The fraction of sp³-hybridized carbons (Fsp3) is 0.478. The van der Waals surface area contributed by atoms with Crippen LogP contribution in [0.25, 0.3) is 0 Å². The summed E-state index contributed by atoms with van der Waals surface area (Å²) < 4.78 is 70.1. The lowest BCUT2D eigenvalue weighted by Crippen LogP contribution is -2.47. The van der Waals surface area contributed by atoms with Crippen LogP contribution in [0.3, 0.4) is 0 Å². The summed E-state index contributed by atoms with van der Waals surface area (Å²) in [5.74, 6) is -1.41. The van der Waals surface area contributed by atoms with Gasteiger partial charge in [0.15, 0.2) is 9.84 Å². The molecule has 0 heterocycles. The zero-order valence-corrected chi connectivity index (χ0v) is 19.9. The monoisotopic (exact) mass is 469 g/mol. The lowest BCUT2D eigenvalue weighted by Gasteiger charge is -2.40. The minimum Gasteiger partial charge on any atom is -0.242 e. The van der Waals surface area contributed by atoms with Gasteiger partial charge in [-0.3, -0.25) is 0 Å². The Kier molecular flexibility index (Phi) is 6.75. The molecule has 1 unspecified atom stereocenters. The largest absolute Gasteiger partial charge is 0.242 e. The van der Waals surface area contributed by atoms with Crippen molar-refractivity contribution >= 4 is 20.8 Å². The first-order valence-electron chi connectivity index (χ1n) is 10.3. The number of hydrogen-bond donors (Lipinski definition) is 1. The van der Waals surface area contributed by atoms with Crippen molar-refractivity contribution in [2.75, 3.05) is 0 Å². The first-order chi connectivity index (χ1) is 14.4. The van der Waals surface area contributed by atoms with E-state index in [-0.39, 0.29) is 29.3 Å². The van der Waals surface area contributed by atoms with Crippen LogP contribution in [0.5, 0.6) is 0 Å². The van der Waals surface area contributed by atoms with E-state index in [9.17, 15) is 21.4 Å². The van der Waals surface area contributed by atoms with E-state index in [1.807, 2.05) is 27.7 Å². The molecule has 170 valence electrons. The molecule has 0 radical (unpaired) electrons. The standard InChI is InChI=1S/C23H29F2NO3S2/c1-16-5-8-19(9-6-16)31(28,29)23(20-15-17(24)7-10-21(20)25)13-11-18(12-14-23)26-30(27)22(2,3)4/h5-10,15,18,26H,11-14H2,1-4H3. The van der Waals surface area contributed by atoms with Crippen molar-refractivity contribution in [3.63, 3.8) is 0 Å². The third-order valence-electron chi connectivity index (χ3n) is 5.89. The third kappa shape index (κ3) is 4.76. The van der Waals surface area contributed by atoms with Crippen molar-refractivity contribution in [2.24, 2.45) is 0 Å². The molecule has 1 fully saturated rings. The van der Waals surface area contributed by atoms with Gasteiger partial charge >= 0.3 is 0 Å². The van der Waals surface area contributed by atoms with E-state index in [1.54, 1.807) is 12.1 Å². The number of nitrogens with one attached hydrogen (secondary N) is 1. The summed E-state index contributed by atoms with van der Waals surface area (Å²) in [6, 6.07) is 9.23. The quantitative estimate of drug-likeness (QED) is 0.675. The summed E-state index contributed by atoms with van der Waals surface area (Å²) in [6.45, 7) is 7.41. The van der Waals surface area contributed by atoms with Gasteiger partial charge in [0.05, 0.1) is 20.6 Å². The maximum Gasteiger partial charge on any atom is 0.188 e. The minimum absolute atomic E-state index is 0.0893. The minimum atomic E-state index is -4.02. The van der Waals surface area contributed by atoms with Gasteiger partial charge in [0.25, 0.3) is 0 Å². The summed E-state index contributed by atoms with van der Waals surface area (Å²) in [5, 5.41) is 0. The molecule has 0 amide bonds. The molecule has 3 rings (SSSR count). The summed E-state index contributed by atoms with van der Waals surface area (Å²) >= 11 is 0. The number of benzene rings is 2. The van der Waals surface area contributed by atoms with E-state index in [4.69, 9.17) is 0 Å². The van der Waals surface area contributed by atoms with Crippen LogP contribution in [0.2, 0.25) is 0 Å². The molecule has 0 spiro atoms. The summed E-state index contributed by atoms with van der Waals surface area (Å²) in [6.07, 6.45) is 0.955. The van der Waals surface area contributed by atoms with Gasteiger partial charge in [-0.2, -0.15) is 0 Å². The SMILES string of the molecule is Cc1ccc(S(=O)(=O)C2(c3cc(F)ccc3F)CCC(NS(=O)C(C)(C)C)CC2)cc1. The molecule has 2 aromatic carbocycles. The smallest absolute Gasteiger partial charge is 0.188 e.